The fourth-order valence-electron chi connectivity index (χ4n) is 1.92. The standard InChI is InChI=1S/C16H16BFO2.CH4/c1-17(2)14-9-8-13(10-15(14)18)20-11-16(19)12-6-4-3-5-7-12;/h3-10H,11H2,1-2H3;1H4. The summed E-state index contributed by atoms with van der Waals surface area (Å²) in [7, 11) is 0. The molecule has 2 aromatic carbocycles. The molecule has 0 radical (unpaired) electrons. The SMILES string of the molecule is C.CB(C)c1ccc(OCC(=O)c2ccccc2)cc1F. The van der Waals surface area contributed by atoms with Gasteiger partial charge in [0.25, 0.3) is 0 Å². The summed E-state index contributed by atoms with van der Waals surface area (Å²) in [5, 5.41) is 0. The molecule has 0 unspecified atom stereocenters. The highest BCUT2D eigenvalue weighted by atomic mass is 19.1. The molecular formula is C17H20BFO2. The first kappa shape index (κ1) is 17.0. The van der Waals surface area contributed by atoms with Gasteiger partial charge in [0, 0.05) is 11.6 Å². The highest BCUT2D eigenvalue weighted by molar-refractivity contribution is 6.70. The fourth-order valence-corrected chi connectivity index (χ4v) is 1.92. The molecule has 0 heterocycles. The molecule has 0 saturated carbocycles. The summed E-state index contributed by atoms with van der Waals surface area (Å²) >= 11 is 0. The molecule has 0 spiro atoms. The molecule has 0 aliphatic heterocycles. The van der Waals surface area contributed by atoms with Crippen molar-refractivity contribution in [2.75, 3.05) is 6.61 Å². The average molecular weight is 286 g/mol. The Hall–Kier alpha value is -2.10. The van der Waals surface area contributed by atoms with Crippen molar-refractivity contribution < 1.29 is 13.9 Å². The Balaban J connectivity index is 0.00000220. The van der Waals surface area contributed by atoms with Gasteiger partial charge in [0.2, 0.25) is 0 Å². The van der Waals surface area contributed by atoms with E-state index in [9.17, 15) is 9.18 Å². The Morgan fingerprint density at radius 1 is 1.14 bits per heavy atom. The summed E-state index contributed by atoms with van der Waals surface area (Å²) < 4.78 is 19.1. The Kier molecular flexibility index (Phi) is 6.16. The summed E-state index contributed by atoms with van der Waals surface area (Å²) in [6.07, 6.45) is 0. The molecule has 0 aromatic heterocycles. The third-order valence-electron chi connectivity index (χ3n) is 3.06. The van der Waals surface area contributed by atoms with Crippen molar-refractivity contribution in [1.29, 1.82) is 0 Å². The van der Waals surface area contributed by atoms with Crippen molar-refractivity contribution in [3.05, 3.63) is 59.9 Å². The number of ketones is 1. The zero-order valence-corrected chi connectivity index (χ0v) is 11.6. The van der Waals surface area contributed by atoms with Crippen molar-refractivity contribution in [2.24, 2.45) is 0 Å². The molecule has 0 N–H and O–H groups in total. The molecule has 0 aliphatic rings. The van der Waals surface area contributed by atoms with Gasteiger partial charge in [-0.3, -0.25) is 4.79 Å². The lowest BCUT2D eigenvalue weighted by Crippen LogP contribution is -2.26. The van der Waals surface area contributed by atoms with Crippen molar-refractivity contribution in [3.8, 4) is 5.75 Å². The lowest BCUT2D eigenvalue weighted by molar-refractivity contribution is 0.0921. The van der Waals surface area contributed by atoms with Crippen LogP contribution in [0.25, 0.3) is 0 Å². The molecule has 0 atom stereocenters. The normalized spacial score (nSPS) is 9.67. The van der Waals surface area contributed by atoms with Gasteiger partial charge >= 0.3 is 0 Å². The smallest absolute Gasteiger partial charge is 0.200 e. The van der Waals surface area contributed by atoms with Gasteiger partial charge < -0.3 is 4.74 Å². The van der Waals surface area contributed by atoms with E-state index in [0.29, 0.717) is 16.8 Å². The van der Waals surface area contributed by atoms with E-state index in [4.69, 9.17) is 4.74 Å². The quantitative estimate of drug-likeness (QED) is 0.619. The third kappa shape index (κ3) is 4.45. The number of carbonyl (C=O) groups excluding carboxylic acids is 1. The number of hydrogen-bond donors (Lipinski definition) is 0. The number of carbonyl (C=O) groups is 1. The summed E-state index contributed by atoms with van der Waals surface area (Å²) in [6.45, 7) is 3.88. The molecule has 2 rings (SSSR count). The highest BCUT2D eigenvalue weighted by Crippen LogP contribution is 2.12. The van der Waals surface area contributed by atoms with Gasteiger partial charge in [-0.05, 0) is 11.5 Å². The lowest BCUT2D eigenvalue weighted by Gasteiger charge is -2.09. The van der Waals surface area contributed by atoms with Crippen LogP contribution >= 0.6 is 0 Å². The van der Waals surface area contributed by atoms with Crippen molar-refractivity contribution in [2.45, 2.75) is 21.1 Å². The minimum Gasteiger partial charge on any atom is -0.485 e. The Morgan fingerprint density at radius 2 is 1.81 bits per heavy atom. The maximum atomic E-state index is 13.8. The van der Waals surface area contributed by atoms with Crippen molar-refractivity contribution >= 4 is 18.0 Å². The molecule has 110 valence electrons. The molecular weight excluding hydrogens is 266 g/mol. The largest absolute Gasteiger partial charge is 0.485 e. The van der Waals surface area contributed by atoms with Gasteiger partial charge in [-0.15, -0.1) is 0 Å². The maximum absolute atomic E-state index is 13.8. The van der Waals surface area contributed by atoms with Gasteiger partial charge in [0.1, 0.15) is 11.6 Å². The Bertz CT molecular complexity index is 597. The zero-order chi connectivity index (χ0) is 14.5. The van der Waals surface area contributed by atoms with E-state index < -0.39 is 0 Å². The maximum Gasteiger partial charge on any atom is 0.200 e. The molecule has 4 heteroatoms. The fraction of sp³-hybridized carbons (Fsp3) is 0.235. The van der Waals surface area contributed by atoms with Crippen LogP contribution in [-0.4, -0.2) is 19.1 Å². The predicted molar refractivity (Wildman–Crippen MR) is 86.5 cm³/mol. The van der Waals surface area contributed by atoms with Crippen LogP contribution in [0.15, 0.2) is 48.5 Å². The summed E-state index contributed by atoms with van der Waals surface area (Å²) in [6, 6.07) is 13.6. The molecule has 0 aliphatic carbocycles. The second-order valence-corrected chi connectivity index (χ2v) is 4.92. The van der Waals surface area contributed by atoms with Crippen molar-refractivity contribution in [3.63, 3.8) is 0 Å². The molecule has 0 saturated heterocycles. The number of ether oxygens (including phenoxy) is 1. The van der Waals surface area contributed by atoms with Crippen LogP contribution in [0.5, 0.6) is 5.75 Å². The Labute approximate surface area is 126 Å². The number of rotatable bonds is 5. The van der Waals surface area contributed by atoms with E-state index in [0.717, 1.165) is 0 Å². The molecule has 2 nitrogen and oxygen atoms in total. The first-order valence-corrected chi connectivity index (χ1v) is 6.58. The minimum absolute atomic E-state index is 0. The minimum atomic E-state index is -0.301. The van der Waals surface area contributed by atoms with E-state index >= 15 is 0 Å². The van der Waals surface area contributed by atoms with Gasteiger partial charge in [-0.2, -0.15) is 0 Å². The highest BCUT2D eigenvalue weighted by Gasteiger charge is 2.11. The van der Waals surface area contributed by atoms with Crippen LogP contribution in [0.4, 0.5) is 4.39 Å². The first-order chi connectivity index (χ1) is 9.58. The second-order valence-electron chi connectivity index (χ2n) is 4.92. The van der Waals surface area contributed by atoms with Crippen LogP contribution in [0, 0.1) is 5.82 Å². The number of Topliss-reactive ketones (excluding diaryl/α,β-unsaturated/α-hetero) is 1. The van der Waals surface area contributed by atoms with E-state index in [1.165, 1.54) is 6.07 Å². The molecule has 0 amide bonds. The first-order valence-electron chi connectivity index (χ1n) is 6.58. The van der Waals surface area contributed by atoms with E-state index in [2.05, 4.69) is 0 Å². The zero-order valence-electron chi connectivity index (χ0n) is 11.6. The summed E-state index contributed by atoms with van der Waals surface area (Å²) in [5.41, 5.74) is 1.23. The van der Waals surface area contributed by atoms with Crippen LogP contribution in [-0.2, 0) is 0 Å². The monoisotopic (exact) mass is 286 g/mol. The molecule has 0 bridgehead atoms. The predicted octanol–water partition coefficient (Wildman–Crippen LogP) is 3.68. The van der Waals surface area contributed by atoms with Crippen LogP contribution in [0.2, 0.25) is 13.6 Å². The topological polar surface area (TPSA) is 26.3 Å². The van der Waals surface area contributed by atoms with Crippen molar-refractivity contribution in [1.82, 2.24) is 0 Å². The molecule has 21 heavy (non-hydrogen) atoms. The molecule has 2 aromatic rings. The van der Waals surface area contributed by atoms with Gasteiger partial charge in [0.05, 0.1) is 0 Å². The van der Waals surface area contributed by atoms with E-state index in [1.807, 2.05) is 19.7 Å². The number of benzene rings is 2. The van der Waals surface area contributed by atoms with E-state index in [1.54, 1.807) is 36.4 Å². The summed E-state index contributed by atoms with van der Waals surface area (Å²) in [4.78, 5) is 11.9. The molecule has 0 fully saturated rings. The summed E-state index contributed by atoms with van der Waals surface area (Å²) in [5.74, 6) is -0.0558. The van der Waals surface area contributed by atoms with Gasteiger partial charge in [-0.1, -0.05) is 57.5 Å². The van der Waals surface area contributed by atoms with Gasteiger partial charge in [0.15, 0.2) is 19.1 Å². The average Bonchev–Trinajstić information content (AvgIpc) is 2.45. The van der Waals surface area contributed by atoms with Crippen LogP contribution in [0.3, 0.4) is 0 Å². The van der Waals surface area contributed by atoms with Gasteiger partial charge in [-0.25, -0.2) is 4.39 Å². The van der Waals surface area contributed by atoms with Crippen LogP contribution in [0.1, 0.15) is 17.8 Å². The second kappa shape index (κ2) is 7.62. The Morgan fingerprint density at radius 3 is 2.38 bits per heavy atom. The number of hydrogen-bond acceptors (Lipinski definition) is 2. The third-order valence-corrected chi connectivity index (χ3v) is 3.06. The van der Waals surface area contributed by atoms with E-state index in [-0.39, 0.29) is 32.3 Å². The van der Waals surface area contributed by atoms with Crippen LogP contribution < -0.4 is 10.2 Å². The lowest BCUT2D eigenvalue weighted by atomic mass is 9.49. The number of halogens is 1.